The molecule has 2 saturated heterocycles. The van der Waals surface area contributed by atoms with Gasteiger partial charge in [-0.3, -0.25) is 14.8 Å². The van der Waals surface area contributed by atoms with Crippen molar-refractivity contribution in [3.8, 4) is 0 Å². The largest absolute Gasteiger partial charge is 0.480 e. The molecule has 2 aliphatic heterocycles. The van der Waals surface area contributed by atoms with Crippen LogP contribution in [0, 0.1) is 17.8 Å². The molecule has 1 aromatic rings. The molecule has 3 heterocycles. The van der Waals surface area contributed by atoms with E-state index in [2.05, 4.69) is 40.3 Å². The number of likely N-dealkylation sites (tertiary alicyclic amines) is 2. The van der Waals surface area contributed by atoms with Crippen LogP contribution in [0.2, 0.25) is 0 Å². The van der Waals surface area contributed by atoms with E-state index < -0.39 is 0 Å². The Bertz CT molecular complexity index is 783. The first-order valence-electron chi connectivity index (χ1n) is 11.0. The van der Waals surface area contributed by atoms with Crippen LogP contribution in [-0.2, 0) is 9.53 Å². The zero-order valence-corrected chi connectivity index (χ0v) is 18.9. The monoisotopic (exact) mass is 412 g/mol. The Balaban J connectivity index is 1.71. The van der Waals surface area contributed by atoms with Gasteiger partial charge in [-0.15, -0.1) is 0 Å². The number of aliphatic imine (C=N–C) groups is 1. The van der Waals surface area contributed by atoms with E-state index in [1.807, 2.05) is 12.1 Å². The van der Waals surface area contributed by atoms with E-state index in [0.717, 1.165) is 62.3 Å². The molecule has 1 amide bonds. The number of carbonyl (C=O) groups is 1. The summed E-state index contributed by atoms with van der Waals surface area (Å²) in [5, 5.41) is 0. The lowest BCUT2D eigenvalue weighted by atomic mass is 9.82. The van der Waals surface area contributed by atoms with E-state index >= 15 is 0 Å². The molecule has 1 aromatic heterocycles. The van der Waals surface area contributed by atoms with Crippen LogP contribution < -0.4 is 0 Å². The average Bonchev–Trinajstić information content (AvgIpc) is 2.75. The Morgan fingerprint density at radius 2 is 2.07 bits per heavy atom. The zero-order valence-electron chi connectivity index (χ0n) is 18.9. The number of amides is 1. The lowest BCUT2D eigenvalue weighted by molar-refractivity contribution is -0.134. The molecule has 0 unspecified atom stereocenters. The van der Waals surface area contributed by atoms with Crippen molar-refractivity contribution in [2.45, 2.75) is 32.6 Å². The summed E-state index contributed by atoms with van der Waals surface area (Å²) in [5.41, 5.74) is 2.69. The smallest absolute Gasteiger partial charge is 0.235 e. The van der Waals surface area contributed by atoms with Gasteiger partial charge in [-0.05, 0) is 62.9 Å². The van der Waals surface area contributed by atoms with Crippen molar-refractivity contribution in [3.05, 3.63) is 36.2 Å². The number of pyridine rings is 1. The van der Waals surface area contributed by atoms with Crippen LogP contribution in [0.25, 0.3) is 5.57 Å². The second-order valence-corrected chi connectivity index (χ2v) is 8.94. The second-order valence-electron chi connectivity index (χ2n) is 8.94. The highest BCUT2D eigenvalue weighted by Gasteiger charge is 2.32. The minimum absolute atomic E-state index is 0.216. The second kappa shape index (κ2) is 10.2. The molecule has 0 N–H and O–H groups in total. The molecule has 2 atom stereocenters. The lowest BCUT2D eigenvalue weighted by Crippen LogP contribution is -2.44. The molecule has 2 aliphatic rings. The fraction of sp³-hybridized carbons (Fsp3) is 0.625. The van der Waals surface area contributed by atoms with Crippen molar-refractivity contribution in [2.75, 3.05) is 47.4 Å². The van der Waals surface area contributed by atoms with Gasteiger partial charge in [-0.25, -0.2) is 0 Å². The van der Waals surface area contributed by atoms with Crippen LogP contribution in [0.15, 0.2) is 29.9 Å². The SMILES string of the molecule is C=C(c1cccnc1C(=NC)OC)[C@H]1C[C@@H](C)CN(C(=O)CC2CCN(C)CC2)C1. The van der Waals surface area contributed by atoms with Gasteiger partial charge in [0.05, 0.1) is 7.11 Å². The van der Waals surface area contributed by atoms with Gasteiger partial charge in [-0.1, -0.05) is 19.6 Å². The normalized spacial score (nSPS) is 24.0. The molecular weight excluding hydrogens is 376 g/mol. The summed E-state index contributed by atoms with van der Waals surface area (Å²) in [7, 11) is 5.47. The lowest BCUT2D eigenvalue weighted by Gasteiger charge is -2.39. The standard InChI is InChI=1S/C24H36N4O2/c1-17-13-20(18(2)21-7-6-10-26-23(21)24(25-3)30-5)16-28(15-17)22(29)14-19-8-11-27(4)12-9-19/h6-7,10,17,19-20H,2,8-9,11-16H2,1,3-5H3/t17-,20+/m1/s1. The third-order valence-corrected chi connectivity index (χ3v) is 6.56. The number of aromatic nitrogens is 1. The molecule has 6 heteroatoms. The number of hydrogen-bond donors (Lipinski definition) is 0. The van der Waals surface area contributed by atoms with Gasteiger partial charge in [-0.2, -0.15) is 0 Å². The molecule has 3 rings (SSSR count). The Hall–Kier alpha value is -2.21. The van der Waals surface area contributed by atoms with E-state index in [1.165, 1.54) is 0 Å². The van der Waals surface area contributed by atoms with Crippen LogP contribution >= 0.6 is 0 Å². The molecule has 0 spiro atoms. The van der Waals surface area contributed by atoms with Crippen molar-refractivity contribution in [1.29, 1.82) is 0 Å². The number of ether oxygens (including phenoxy) is 1. The van der Waals surface area contributed by atoms with Crippen molar-refractivity contribution in [1.82, 2.24) is 14.8 Å². The number of methoxy groups -OCH3 is 1. The van der Waals surface area contributed by atoms with E-state index in [4.69, 9.17) is 4.74 Å². The average molecular weight is 413 g/mol. The summed E-state index contributed by atoms with van der Waals surface area (Å²) in [6.07, 6.45) is 5.69. The van der Waals surface area contributed by atoms with Gasteiger partial charge in [0.25, 0.3) is 0 Å². The number of piperidine rings is 2. The highest BCUT2D eigenvalue weighted by molar-refractivity contribution is 5.97. The number of nitrogens with zero attached hydrogens (tertiary/aromatic N) is 4. The van der Waals surface area contributed by atoms with Crippen LogP contribution in [-0.4, -0.2) is 74.0 Å². The molecule has 0 radical (unpaired) electrons. The van der Waals surface area contributed by atoms with Crippen LogP contribution in [0.1, 0.15) is 43.9 Å². The summed E-state index contributed by atoms with van der Waals surface area (Å²) >= 11 is 0. The maximum Gasteiger partial charge on any atom is 0.235 e. The fourth-order valence-electron chi connectivity index (χ4n) is 4.80. The van der Waals surface area contributed by atoms with E-state index in [-0.39, 0.29) is 5.92 Å². The fourth-order valence-corrected chi connectivity index (χ4v) is 4.80. The van der Waals surface area contributed by atoms with Gasteiger partial charge in [0, 0.05) is 44.2 Å². The van der Waals surface area contributed by atoms with Crippen LogP contribution in [0.5, 0.6) is 0 Å². The highest BCUT2D eigenvalue weighted by atomic mass is 16.5. The molecular formula is C24H36N4O2. The minimum Gasteiger partial charge on any atom is -0.480 e. The van der Waals surface area contributed by atoms with Crippen molar-refractivity contribution in [3.63, 3.8) is 0 Å². The highest BCUT2D eigenvalue weighted by Crippen LogP contribution is 2.34. The van der Waals surface area contributed by atoms with E-state index in [1.54, 1.807) is 20.4 Å². The van der Waals surface area contributed by atoms with Gasteiger partial charge < -0.3 is 14.5 Å². The first-order valence-corrected chi connectivity index (χ1v) is 11.0. The van der Waals surface area contributed by atoms with Crippen molar-refractivity contribution < 1.29 is 9.53 Å². The molecule has 2 fully saturated rings. The molecule has 6 nitrogen and oxygen atoms in total. The Labute approximate surface area is 181 Å². The molecule has 30 heavy (non-hydrogen) atoms. The topological polar surface area (TPSA) is 58.0 Å². The third-order valence-electron chi connectivity index (χ3n) is 6.56. The van der Waals surface area contributed by atoms with Gasteiger partial charge >= 0.3 is 0 Å². The summed E-state index contributed by atoms with van der Waals surface area (Å²) in [4.78, 5) is 26.2. The van der Waals surface area contributed by atoms with Gasteiger partial charge in [0.1, 0.15) is 5.69 Å². The molecule has 0 bridgehead atoms. The molecule has 0 aliphatic carbocycles. The summed E-state index contributed by atoms with van der Waals surface area (Å²) in [6.45, 7) is 10.4. The van der Waals surface area contributed by atoms with Crippen molar-refractivity contribution in [2.24, 2.45) is 22.7 Å². The first kappa shape index (κ1) is 22.5. The Morgan fingerprint density at radius 1 is 1.33 bits per heavy atom. The minimum atomic E-state index is 0.216. The molecule has 0 aromatic carbocycles. The quantitative estimate of drug-likeness (QED) is 0.550. The molecule has 0 saturated carbocycles. The van der Waals surface area contributed by atoms with Gasteiger partial charge in [0.2, 0.25) is 11.8 Å². The summed E-state index contributed by atoms with van der Waals surface area (Å²) in [6, 6.07) is 3.95. The van der Waals surface area contributed by atoms with Gasteiger partial charge in [0.15, 0.2) is 0 Å². The Morgan fingerprint density at radius 3 is 2.73 bits per heavy atom. The third kappa shape index (κ3) is 5.28. The van der Waals surface area contributed by atoms with Crippen LogP contribution in [0.4, 0.5) is 0 Å². The first-order chi connectivity index (χ1) is 14.4. The Kier molecular flexibility index (Phi) is 7.64. The number of hydrogen-bond acceptors (Lipinski definition) is 5. The van der Waals surface area contributed by atoms with Crippen LogP contribution in [0.3, 0.4) is 0 Å². The molecule has 164 valence electrons. The predicted octanol–water partition coefficient (Wildman–Crippen LogP) is 3.33. The zero-order chi connectivity index (χ0) is 21.7. The summed E-state index contributed by atoms with van der Waals surface area (Å²) < 4.78 is 5.41. The van der Waals surface area contributed by atoms with E-state index in [9.17, 15) is 4.79 Å². The maximum absolute atomic E-state index is 13.1. The number of carbonyl (C=O) groups excluding carboxylic acids is 1. The summed E-state index contributed by atoms with van der Waals surface area (Å²) in [5.74, 6) is 1.98. The maximum atomic E-state index is 13.1. The predicted molar refractivity (Wildman–Crippen MR) is 121 cm³/mol. The van der Waals surface area contributed by atoms with Crippen molar-refractivity contribution >= 4 is 17.4 Å². The number of rotatable bonds is 5. The van der Waals surface area contributed by atoms with E-state index in [0.29, 0.717) is 30.1 Å².